The van der Waals surface area contributed by atoms with Crippen LogP contribution < -0.4 is 48.0 Å². The van der Waals surface area contributed by atoms with E-state index in [0.717, 1.165) is 128 Å². The Kier molecular flexibility index (Phi) is 27.2. The Bertz CT molecular complexity index is 1360. The van der Waals surface area contributed by atoms with Gasteiger partial charge in [0.2, 0.25) is 11.8 Å². The predicted octanol–water partition coefficient (Wildman–Crippen LogP) is 4.74. The summed E-state index contributed by atoms with van der Waals surface area (Å²) in [6.07, 6.45) is 3.37. The van der Waals surface area contributed by atoms with E-state index in [0.29, 0.717) is 46.0 Å². The Hall–Kier alpha value is -1.66. The molecule has 0 aliphatic carbocycles. The molecule has 2 aromatic carbocycles. The minimum atomic E-state index is -4.36. The Morgan fingerprint density at radius 2 is 0.828 bits per heavy atom. The lowest BCUT2D eigenvalue weighted by Crippen LogP contribution is -3.00. The number of rotatable bonds is 27. The monoisotopic (exact) mass is 1050 g/mol. The second-order valence-corrected chi connectivity index (χ2v) is 16.3. The van der Waals surface area contributed by atoms with Crippen LogP contribution in [0, 0.1) is 0 Å². The Labute approximate surface area is 379 Å². The van der Waals surface area contributed by atoms with Gasteiger partial charge in [-0.05, 0) is 77.3 Å². The topological polar surface area (TPSA) is 40.6 Å². The molecule has 0 saturated carbocycles. The van der Waals surface area contributed by atoms with Crippen molar-refractivity contribution in [1.29, 1.82) is 0 Å². The molecule has 0 aliphatic heterocycles. The van der Waals surface area contributed by atoms with Crippen LogP contribution in [-0.4, -0.2) is 98.0 Å². The van der Waals surface area contributed by atoms with E-state index in [-0.39, 0.29) is 59.8 Å². The number of amides is 2. The average molecular weight is 1050 g/mol. The third-order valence-corrected chi connectivity index (χ3v) is 11.5. The first kappa shape index (κ1) is 56.3. The minimum absolute atomic E-state index is 0. The molecular weight excluding hydrogens is 984 g/mol. The van der Waals surface area contributed by atoms with E-state index in [1.165, 1.54) is 12.1 Å². The molecule has 334 valence electrons. The molecule has 0 aromatic heterocycles. The number of halogens is 8. The zero-order valence-electron chi connectivity index (χ0n) is 35.8. The standard InChI is InChI=1S/C44H70F6N4O2.2HI/c1-7-53(5,35-37-25-17-19-27-39(37)43(45,46)47)33-23-13-15-29-41(55)51(3)31-21-11-9-10-12-22-32-52(4)42(56)30-16-14-24-34-54(6,8-2)36-38-26-18-20-28-40(38)44(48,49)50;;/h17-20,25-28H,7-16,21-24,29-36H2,1-6H3;2*1H/q+2;;/p-2. The van der Waals surface area contributed by atoms with Crippen molar-refractivity contribution in [3.05, 3.63) is 70.8 Å². The van der Waals surface area contributed by atoms with Gasteiger partial charge in [-0.1, -0.05) is 62.1 Å². The summed E-state index contributed by atoms with van der Waals surface area (Å²) in [4.78, 5) is 28.9. The van der Waals surface area contributed by atoms with Crippen molar-refractivity contribution in [2.24, 2.45) is 0 Å². The van der Waals surface area contributed by atoms with Crippen LogP contribution in [0.1, 0.15) is 126 Å². The summed E-state index contributed by atoms with van der Waals surface area (Å²) in [5, 5.41) is 0. The number of unbranched alkanes of at least 4 members (excludes halogenated alkanes) is 9. The van der Waals surface area contributed by atoms with Gasteiger partial charge in [0.05, 0.1) is 51.4 Å². The van der Waals surface area contributed by atoms with Gasteiger partial charge in [0.15, 0.2) is 0 Å². The fourth-order valence-corrected chi connectivity index (χ4v) is 7.32. The molecule has 58 heavy (non-hydrogen) atoms. The maximum Gasteiger partial charge on any atom is 0.416 e. The van der Waals surface area contributed by atoms with Crippen molar-refractivity contribution >= 4 is 11.8 Å². The number of carbonyl (C=O) groups excluding carboxylic acids is 2. The van der Waals surface area contributed by atoms with Crippen LogP contribution >= 0.6 is 0 Å². The van der Waals surface area contributed by atoms with E-state index in [1.807, 2.05) is 42.0 Å². The van der Waals surface area contributed by atoms with Crippen LogP contribution in [0.5, 0.6) is 0 Å². The highest BCUT2D eigenvalue weighted by atomic mass is 127. The molecule has 2 amide bonds. The second kappa shape index (κ2) is 28.0. The van der Waals surface area contributed by atoms with Crippen LogP contribution in [0.25, 0.3) is 0 Å². The van der Waals surface area contributed by atoms with E-state index >= 15 is 0 Å². The number of hydrogen-bond donors (Lipinski definition) is 0. The highest BCUT2D eigenvalue weighted by Gasteiger charge is 2.36. The van der Waals surface area contributed by atoms with Gasteiger partial charge in [0.25, 0.3) is 0 Å². The number of carbonyl (C=O) groups is 2. The van der Waals surface area contributed by atoms with Crippen LogP contribution in [-0.2, 0) is 35.0 Å². The summed E-state index contributed by atoms with van der Waals surface area (Å²) in [6, 6.07) is 11.6. The Balaban J connectivity index is 0.0000162. The Morgan fingerprint density at radius 3 is 1.16 bits per heavy atom. The van der Waals surface area contributed by atoms with E-state index in [2.05, 4.69) is 0 Å². The van der Waals surface area contributed by atoms with Gasteiger partial charge in [-0.15, -0.1) is 0 Å². The van der Waals surface area contributed by atoms with Gasteiger partial charge in [-0.25, -0.2) is 0 Å². The van der Waals surface area contributed by atoms with Crippen molar-refractivity contribution in [2.75, 3.05) is 67.5 Å². The molecule has 0 radical (unpaired) electrons. The maximum atomic E-state index is 13.5. The first-order valence-corrected chi connectivity index (χ1v) is 20.8. The number of nitrogens with zero attached hydrogens (tertiary/aromatic N) is 4. The van der Waals surface area contributed by atoms with E-state index in [9.17, 15) is 35.9 Å². The molecule has 0 spiro atoms. The summed E-state index contributed by atoms with van der Waals surface area (Å²) in [5.41, 5.74) is -0.469. The second-order valence-electron chi connectivity index (χ2n) is 16.3. The highest BCUT2D eigenvalue weighted by molar-refractivity contribution is 5.76. The van der Waals surface area contributed by atoms with Gasteiger partial charge in [-0.2, -0.15) is 26.3 Å². The highest BCUT2D eigenvalue weighted by Crippen LogP contribution is 2.34. The molecule has 2 atom stereocenters. The third-order valence-electron chi connectivity index (χ3n) is 11.5. The smallest absolute Gasteiger partial charge is 0.416 e. The minimum Gasteiger partial charge on any atom is -1.00 e. The van der Waals surface area contributed by atoms with Crippen LogP contribution in [0.15, 0.2) is 48.5 Å². The first-order chi connectivity index (χ1) is 26.3. The molecule has 0 heterocycles. The quantitative estimate of drug-likeness (QED) is 0.0563. The van der Waals surface area contributed by atoms with Crippen LogP contribution in [0.2, 0.25) is 0 Å². The molecule has 0 fully saturated rings. The molecule has 2 aromatic rings. The zero-order valence-corrected chi connectivity index (χ0v) is 40.1. The molecule has 14 heteroatoms. The van der Waals surface area contributed by atoms with Crippen molar-refractivity contribution in [3.8, 4) is 0 Å². The lowest BCUT2D eigenvalue weighted by atomic mass is 10.0. The normalized spacial score (nSPS) is 13.8. The molecular formula is C44H70F6I2N4O2. The summed E-state index contributed by atoms with van der Waals surface area (Å²) in [6.45, 7) is 9.09. The molecule has 2 unspecified atom stereocenters. The number of hydrogen-bond acceptors (Lipinski definition) is 2. The molecule has 0 aliphatic rings. The molecule has 6 nitrogen and oxygen atoms in total. The van der Waals surface area contributed by atoms with Crippen molar-refractivity contribution in [2.45, 2.75) is 129 Å². The van der Waals surface area contributed by atoms with Gasteiger partial charge in [-0.3, -0.25) is 9.59 Å². The fraction of sp³-hybridized carbons (Fsp3) is 0.682. The number of quaternary nitrogens is 2. The van der Waals surface area contributed by atoms with E-state index in [4.69, 9.17) is 0 Å². The van der Waals surface area contributed by atoms with Crippen molar-refractivity contribution in [3.63, 3.8) is 0 Å². The number of benzene rings is 2. The first-order valence-electron chi connectivity index (χ1n) is 20.8. The zero-order chi connectivity index (χ0) is 41.8. The van der Waals surface area contributed by atoms with E-state index < -0.39 is 23.5 Å². The summed E-state index contributed by atoms with van der Waals surface area (Å²) < 4.78 is 82.0. The predicted molar refractivity (Wildman–Crippen MR) is 213 cm³/mol. The molecule has 0 saturated heterocycles. The molecule has 0 N–H and O–H groups in total. The summed E-state index contributed by atoms with van der Waals surface area (Å²) in [7, 11) is 7.70. The lowest BCUT2D eigenvalue weighted by molar-refractivity contribution is -0.921. The van der Waals surface area contributed by atoms with Gasteiger partial charge < -0.3 is 66.7 Å². The molecule has 0 bridgehead atoms. The summed E-state index contributed by atoms with van der Waals surface area (Å²) in [5.74, 6) is 0.267. The van der Waals surface area contributed by atoms with Gasteiger partial charge >= 0.3 is 12.4 Å². The fourth-order valence-electron chi connectivity index (χ4n) is 7.32. The average Bonchev–Trinajstić information content (AvgIpc) is 3.14. The largest absolute Gasteiger partial charge is 1.00 e. The van der Waals surface area contributed by atoms with Crippen LogP contribution in [0.3, 0.4) is 0 Å². The SMILES string of the molecule is CC[N+](C)(CCCCCC(=O)N(C)CCCCCCCCN(C)C(=O)CCCCC[N+](C)(CC)Cc1ccccc1C(F)(F)F)Cc1ccccc1C(F)(F)F.[I-].[I-]. The van der Waals surface area contributed by atoms with Gasteiger partial charge in [0, 0.05) is 51.2 Å². The summed E-state index contributed by atoms with van der Waals surface area (Å²) >= 11 is 0. The molecule has 2 rings (SSSR count). The maximum absolute atomic E-state index is 13.5. The van der Waals surface area contributed by atoms with Crippen molar-refractivity contribution < 1.29 is 92.9 Å². The lowest BCUT2D eigenvalue weighted by Gasteiger charge is -2.34. The van der Waals surface area contributed by atoms with E-state index in [1.54, 1.807) is 34.1 Å². The van der Waals surface area contributed by atoms with Crippen molar-refractivity contribution in [1.82, 2.24) is 9.80 Å². The third kappa shape index (κ3) is 21.2. The Morgan fingerprint density at radius 1 is 0.517 bits per heavy atom. The van der Waals surface area contributed by atoms with Gasteiger partial charge in [0.1, 0.15) is 13.1 Å². The van der Waals surface area contributed by atoms with Crippen LogP contribution in [0.4, 0.5) is 26.3 Å². The number of alkyl halides is 6.